The number of nitrogens with two attached hydrogens (primary N) is 1. The molecular weight excluding hydrogens is 312 g/mol. The monoisotopic (exact) mass is 334 g/mol. The summed E-state index contributed by atoms with van der Waals surface area (Å²) in [7, 11) is 0. The summed E-state index contributed by atoms with van der Waals surface area (Å²) in [4.78, 5) is 27.8. The maximum atomic E-state index is 12.0. The fourth-order valence-corrected chi connectivity index (χ4v) is 2.97. The van der Waals surface area contributed by atoms with E-state index in [1.165, 1.54) is 11.8 Å². The zero-order valence-electron chi connectivity index (χ0n) is 13.6. The molecule has 2 rings (SSSR count). The van der Waals surface area contributed by atoms with E-state index in [1.54, 1.807) is 13.8 Å². The third-order valence-electron chi connectivity index (χ3n) is 3.66. The minimum Gasteiger partial charge on any atom is -0.369 e. The number of hydrogen-bond donors (Lipinski definition) is 2. The zero-order valence-corrected chi connectivity index (χ0v) is 14.4. The zero-order chi connectivity index (χ0) is 17.0. The summed E-state index contributed by atoms with van der Waals surface area (Å²) in [5.74, 6) is -0.324. The van der Waals surface area contributed by atoms with Gasteiger partial charge in [-0.25, -0.2) is 4.98 Å². The van der Waals surface area contributed by atoms with E-state index in [0.717, 1.165) is 22.7 Å². The highest BCUT2D eigenvalue weighted by atomic mass is 32.2. The van der Waals surface area contributed by atoms with Gasteiger partial charge in [-0.1, -0.05) is 23.9 Å². The van der Waals surface area contributed by atoms with E-state index >= 15 is 0 Å². The third kappa shape index (κ3) is 4.04. The lowest BCUT2D eigenvalue weighted by Crippen LogP contribution is -2.42. The van der Waals surface area contributed by atoms with Crippen LogP contribution in [0.25, 0.3) is 11.0 Å². The van der Waals surface area contributed by atoms with Gasteiger partial charge in [-0.15, -0.1) is 0 Å². The van der Waals surface area contributed by atoms with E-state index in [2.05, 4.69) is 14.9 Å². The van der Waals surface area contributed by atoms with Crippen molar-refractivity contribution in [3.63, 3.8) is 0 Å². The molecule has 0 aliphatic rings. The fourth-order valence-electron chi connectivity index (χ4n) is 2.06. The van der Waals surface area contributed by atoms with Gasteiger partial charge >= 0.3 is 0 Å². The van der Waals surface area contributed by atoms with E-state index in [9.17, 15) is 9.59 Å². The van der Waals surface area contributed by atoms with Crippen LogP contribution in [-0.2, 0) is 16.1 Å². The lowest BCUT2D eigenvalue weighted by Gasteiger charge is -2.20. The van der Waals surface area contributed by atoms with Crippen LogP contribution in [0.4, 0.5) is 0 Å². The summed E-state index contributed by atoms with van der Waals surface area (Å²) in [6.07, 6.45) is 0. The van der Waals surface area contributed by atoms with Crippen molar-refractivity contribution in [3.8, 4) is 0 Å². The molecule has 0 saturated carbocycles. The third-order valence-corrected chi connectivity index (χ3v) is 4.64. The number of carbonyl (C=O) groups excluding carboxylic acids is 2. The molecule has 0 aliphatic heterocycles. The number of primary amides is 1. The Bertz CT molecular complexity index is 724. The quantitative estimate of drug-likeness (QED) is 0.755. The Hall–Kier alpha value is -2.02. The highest BCUT2D eigenvalue weighted by molar-refractivity contribution is 7.99. The predicted molar refractivity (Wildman–Crippen MR) is 92.1 cm³/mol. The van der Waals surface area contributed by atoms with Crippen LogP contribution in [0.15, 0.2) is 29.4 Å². The molecule has 1 heterocycles. The van der Waals surface area contributed by atoms with Crippen molar-refractivity contribution in [1.82, 2.24) is 14.9 Å². The summed E-state index contributed by atoms with van der Waals surface area (Å²) >= 11 is 1.39. The van der Waals surface area contributed by atoms with Gasteiger partial charge in [0.1, 0.15) is 0 Å². The van der Waals surface area contributed by atoms with Gasteiger partial charge in [0.05, 0.1) is 22.2 Å². The fraction of sp³-hybridized carbons (Fsp3) is 0.438. The molecule has 0 fully saturated rings. The number of aromatic nitrogens is 2. The second kappa shape index (κ2) is 7.04. The number of aryl methyl sites for hydroxylation is 1. The van der Waals surface area contributed by atoms with Gasteiger partial charge in [0.2, 0.25) is 11.8 Å². The first-order valence-corrected chi connectivity index (χ1v) is 8.48. The van der Waals surface area contributed by atoms with Crippen molar-refractivity contribution >= 4 is 34.6 Å². The van der Waals surface area contributed by atoms with Gasteiger partial charge in [0, 0.05) is 13.1 Å². The summed E-state index contributed by atoms with van der Waals surface area (Å²) in [6, 6.07) is 7.90. The van der Waals surface area contributed by atoms with Gasteiger partial charge in [-0.05, 0) is 32.9 Å². The maximum absolute atomic E-state index is 12.0. The topological polar surface area (TPSA) is 90.0 Å². The van der Waals surface area contributed by atoms with E-state index in [0.29, 0.717) is 0 Å². The Morgan fingerprint density at radius 1 is 1.35 bits per heavy atom. The molecule has 2 aromatic rings. The van der Waals surface area contributed by atoms with Crippen LogP contribution in [0.5, 0.6) is 0 Å². The predicted octanol–water partition coefficient (Wildman–Crippen LogP) is 1.78. The average Bonchev–Trinajstić information content (AvgIpc) is 2.88. The van der Waals surface area contributed by atoms with Crippen LogP contribution in [0.2, 0.25) is 0 Å². The number of amides is 2. The van der Waals surface area contributed by atoms with Crippen molar-refractivity contribution in [1.29, 1.82) is 0 Å². The standard InChI is InChI=1S/C16H22N4O2S/c1-4-20-12-8-6-5-7-11(12)19-15(20)23-9-13(21)18-10-16(2,3)14(17)22/h5-8H,4,9-10H2,1-3H3,(H2,17,22)(H,18,21). The lowest BCUT2D eigenvalue weighted by molar-refractivity contribution is -0.126. The van der Waals surface area contributed by atoms with Crippen LogP contribution in [0.1, 0.15) is 20.8 Å². The largest absolute Gasteiger partial charge is 0.369 e. The van der Waals surface area contributed by atoms with E-state index < -0.39 is 11.3 Å². The van der Waals surface area contributed by atoms with Gasteiger partial charge in [0.25, 0.3) is 0 Å². The minimum atomic E-state index is -0.753. The van der Waals surface area contributed by atoms with E-state index in [4.69, 9.17) is 5.73 Å². The number of nitrogens with zero attached hydrogens (tertiary/aromatic N) is 2. The number of para-hydroxylation sites is 2. The van der Waals surface area contributed by atoms with Crippen LogP contribution in [0.3, 0.4) is 0 Å². The number of thioether (sulfide) groups is 1. The van der Waals surface area contributed by atoms with Crippen molar-refractivity contribution in [2.24, 2.45) is 11.1 Å². The van der Waals surface area contributed by atoms with Gasteiger partial charge in [0.15, 0.2) is 5.16 Å². The van der Waals surface area contributed by atoms with Crippen molar-refractivity contribution < 1.29 is 9.59 Å². The number of benzene rings is 1. The van der Waals surface area contributed by atoms with E-state index in [1.807, 2.05) is 31.2 Å². The van der Waals surface area contributed by atoms with Gasteiger partial charge in [-0.3, -0.25) is 9.59 Å². The second-order valence-electron chi connectivity index (χ2n) is 5.94. The number of nitrogens with one attached hydrogen (secondary N) is 1. The molecule has 0 bridgehead atoms. The SMILES string of the molecule is CCn1c(SCC(=O)NCC(C)(C)C(N)=O)nc2ccccc21. The molecule has 0 unspecified atom stereocenters. The summed E-state index contributed by atoms with van der Waals surface area (Å²) in [5.41, 5.74) is 6.53. The molecule has 6 nitrogen and oxygen atoms in total. The number of fused-ring (bicyclic) bond motifs is 1. The van der Waals surface area contributed by atoms with Crippen molar-refractivity contribution in [2.45, 2.75) is 32.5 Å². The molecule has 0 atom stereocenters. The van der Waals surface area contributed by atoms with Crippen LogP contribution < -0.4 is 11.1 Å². The molecular formula is C16H22N4O2S. The van der Waals surface area contributed by atoms with Crippen LogP contribution >= 0.6 is 11.8 Å². The molecule has 0 spiro atoms. The second-order valence-corrected chi connectivity index (χ2v) is 6.88. The van der Waals surface area contributed by atoms with E-state index in [-0.39, 0.29) is 18.2 Å². The van der Waals surface area contributed by atoms with Crippen molar-refractivity contribution in [3.05, 3.63) is 24.3 Å². The first-order valence-electron chi connectivity index (χ1n) is 7.50. The average molecular weight is 334 g/mol. The highest BCUT2D eigenvalue weighted by Gasteiger charge is 2.25. The molecule has 0 aliphatic carbocycles. The Kier molecular flexibility index (Phi) is 5.30. The Morgan fingerprint density at radius 3 is 2.70 bits per heavy atom. The molecule has 124 valence electrons. The normalized spacial score (nSPS) is 11.6. The maximum Gasteiger partial charge on any atom is 0.230 e. The molecule has 0 radical (unpaired) electrons. The molecule has 23 heavy (non-hydrogen) atoms. The molecule has 0 saturated heterocycles. The highest BCUT2D eigenvalue weighted by Crippen LogP contribution is 2.23. The Morgan fingerprint density at radius 2 is 2.04 bits per heavy atom. The Balaban J connectivity index is 1.98. The summed E-state index contributed by atoms with van der Waals surface area (Å²) < 4.78 is 2.08. The van der Waals surface area contributed by atoms with Gasteiger partial charge < -0.3 is 15.6 Å². The lowest BCUT2D eigenvalue weighted by atomic mass is 9.93. The summed E-state index contributed by atoms with van der Waals surface area (Å²) in [6.45, 7) is 6.48. The Labute approximate surface area is 139 Å². The number of carbonyl (C=O) groups is 2. The molecule has 1 aromatic carbocycles. The molecule has 2 amide bonds. The number of rotatable bonds is 7. The minimum absolute atomic E-state index is 0.140. The van der Waals surface area contributed by atoms with Gasteiger partial charge in [-0.2, -0.15) is 0 Å². The first-order chi connectivity index (χ1) is 10.8. The smallest absolute Gasteiger partial charge is 0.230 e. The van der Waals surface area contributed by atoms with Crippen LogP contribution in [-0.4, -0.2) is 33.7 Å². The molecule has 3 N–H and O–H groups in total. The molecule has 7 heteroatoms. The first kappa shape index (κ1) is 17.3. The molecule has 1 aromatic heterocycles. The number of hydrogen-bond acceptors (Lipinski definition) is 4. The number of imidazole rings is 1. The van der Waals surface area contributed by atoms with Crippen LogP contribution in [0, 0.1) is 5.41 Å². The summed E-state index contributed by atoms with van der Waals surface area (Å²) in [5, 5.41) is 3.57. The van der Waals surface area contributed by atoms with Crippen molar-refractivity contribution in [2.75, 3.05) is 12.3 Å².